The van der Waals surface area contributed by atoms with Crippen molar-refractivity contribution in [1.29, 1.82) is 0 Å². The van der Waals surface area contributed by atoms with Gasteiger partial charge in [-0.15, -0.1) is 5.21 Å². The molecule has 2 aromatic rings. The van der Waals surface area contributed by atoms with Crippen molar-refractivity contribution in [3.05, 3.63) is 27.7 Å². The van der Waals surface area contributed by atoms with Crippen LogP contribution in [0.4, 0.5) is 5.95 Å². The molecule has 0 aliphatic heterocycles. The summed E-state index contributed by atoms with van der Waals surface area (Å²) in [5, 5.41) is 21.3. The fourth-order valence-corrected chi connectivity index (χ4v) is 1.43. The third-order valence-corrected chi connectivity index (χ3v) is 2.05. The number of rotatable bonds is 3. The van der Waals surface area contributed by atoms with Crippen molar-refractivity contribution < 1.29 is 0 Å². The van der Waals surface area contributed by atoms with Crippen molar-refractivity contribution in [2.45, 2.75) is 6.54 Å². The number of hydrogen-bond acceptors (Lipinski definition) is 4. The van der Waals surface area contributed by atoms with E-state index < -0.39 is 0 Å². The first-order valence-corrected chi connectivity index (χ1v) is 4.31. The monoisotopic (exact) mass is 180 g/mol. The zero-order valence-electron chi connectivity index (χ0n) is 6.14. The number of hydrogen-bond donors (Lipinski definition) is 1. The smallest absolute Gasteiger partial charge is 0.0617 e. The van der Waals surface area contributed by atoms with Gasteiger partial charge in [0.05, 0.1) is 5.95 Å². The van der Waals surface area contributed by atoms with Gasteiger partial charge in [0.15, 0.2) is 0 Å². The maximum absolute atomic E-state index is 4.10. The lowest BCUT2D eigenvalue weighted by molar-refractivity contribution is 0.881. The Labute approximate surface area is 72.8 Å². The molecule has 0 aromatic carbocycles. The van der Waals surface area contributed by atoms with Crippen LogP contribution in [0.15, 0.2) is 16.8 Å². The predicted molar refractivity (Wildman–Crippen MR) is 45.2 cm³/mol. The van der Waals surface area contributed by atoms with E-state index in [9.17, 15) is 0 Å². The van der Waals surface area contributed by atoms with Crippen molar-refractivity contribution in [2.24, 2.45) is 0 Å². The highest BCUT2D eigenvalue weighted by Crippen LogP contribution is 2.15. The summed E-state index contributed by atoms with van der Waals surface area (Å²) in [6.45, 7) is 0.614. The highest BCUT2D eigenvalue weighted by Gasteiger charge is 1.89. The highest BCUT2D eigenvalue weighted by atomic mass is 32.1. The number of aromatic amines is 1. The second kappa shape index (κ2) is 3.31. The van der Waals surface area contributed by atoms with Crippen LogP contribution in [0.5, 0.6) is 0 Å². The molecule has 6 heteroatoms. The van der Waals surface area contributed by atoms with Crippen molar-refractivity contribution in [1.82, 2.24) is 20.6 Å². The summed E-state index contributed by atoms with van der Waals surface area (Å²) in [5.74, 6) is 0.404. The summed E-state index contributed by atoms with van der Waals surface area (Å²) in [6, 6.07) is 2.02. The van der Waals surface area contributed by atoms with Crippen LogP contribution < -0.4 is 0 Å². The molecule has 12 heavy (non-hydrogen) atoms. The zero-order chi connectivity index (χ0) is 8.23. The predicted octanol–water partition coefficient (Wildman–Crippen LogP) is 1.47. The summed E-state index contributed by atoms with van der Waals surface area (Å²) in [5.41, 5.74) is 1.17. The second-order valence-electron chi connectivity index (χ2n) is 2.16. The van der Waals surface area contributed by atoms with Gasteiger partial charge in [-0.2, -0.15) is 11.3 Å². The van der Waals surface area contributed by atoms with Crippen LogP contribution in [-0.4, -0.2) is 20.6 Å². The molecule has 0 aliphatic rings. The summed E-state index contributed by atoms with van der Waals surface area (Å²) in [4.78, 5) is 0. The first-order chi connectivity index (χ1) is 5.95. The van der Waals surface area contributed by atoms with Gasteiger partial charge in [-0.3, -0.25) is 15.4 Å². The molecule has 2 heterocycles. The average Bonchev–Trinajstić information content (AvgIpc) is 2.74. The van der Waals surface area contributed by atoms with Crippen LogP contribution in [0, 0.1) is 0 Å². The normalized spacial score (nSPS) is 10.0. The molecule has 0 fully saturated rings. The Morgan fingerprint density at radius 2 is 2.58 bits per heavy atom. The van der Waals surface area contributed by atoms with Gasteiger partial charge in [0.2, 0.25) is 0 Å². The molecule has 0 spiro atoms. The molecule has 2 rings (SSSR count). The van der Waals surface area contributed by atoms with Gasteiger partial charge in [0.1, 0.15) is 0 Å². The topological polar surface area (TPSA) is 68.6 Å². The summed E-state index contributed by atoms with van der Waals surface area (Å²) < 4.78 is 0. The number of aromatic nitrogens is 4. The van der Waals surface area contributed by atoms with Crippen LogP contribution in [0.2, 0.25) is 0 Å². The van der Waals surface area contributed by atoms with Gasteiger partial charge in [-0.25, -0.2) is 0 Å². The van der Waals surface area contributed by atoms with E-state index in [1.165, 1.54) is 5.56 Å². The van der Waals surface area contributed by atoms with E-state index in [0.717, 1.165) is 0 Å². The maximum Gasteiger partial charge on any atom is 0.0617 e. The van der Waals surface area contributed by atoms with E-state index in [1.807, 2.05) is 16.8 Å². The van der Waals surface area contributed by atoms with E-state index in [0.29, 0.717) is 12.5 Å². The number of tetrazole rings is 1. The Kier molecular flexibility index (Phi) is 2.00. The molecule has 0 unspecified atom stereocenters. The molecular formula is C6H6N5S-. The molecule has 0 bridgehead atoms. The van der Waals surface area contributed by atoms with Crippen LogP contribution >= 0.6 is 11.3 Å². The van der Waals surface area contributed by atoms with Gasteiger partial charge >= 0.3 is 0 Å². The van der Waals surface area contributed by atoms with E-state index in [4.69, 9.17) is 0 Å². The molecule has 0 saturated carbocycles. The Hall–Kier alpha value is -1.43. The van der Waals surface area contributed by atoms with Gasteiger partial charge in [-0.05, 0) is 22.4 Å². The molecule has 0 aliphatic carbocycles. The summed E-state index contributed by atoms with van der Waals surface area (Å²) in [6.07, 6.45) is 0. The fraction of sp³-hybridized carbons (Fsp3) is 0.167. The third-order valence-electron chi connectivity index (χ3n) is 1.32. The molecule has 2 aromatic heterocycles. The van der Waals surface area contributed by atoms with Gasteiger partial charge in [0, 0.05) is 6.54 Å². The Balaban J connectivity index is 1.91. The minimum absolute atomic E-state index is 0.404. The summed E-state index contributed by atoms with van der Waals surface area (Å²) >= 11 is 1.65. The number of H-pyrrole nitrogens is 1. The number of nitrogens with one attached hydrogen (secondary N) is 1. The molecule has 0 amide bonds. The van der Waals surface area contributed by atoms with Crippen molar-refractivity contribution in [2.75, 3.05) is 0 Å². The quantitative estimate of drug-likeness (QED) is 0.777. The Bertz CT molecular complexity index is 279. The Morgan fingerprint density at radius 1 is 1.58 bits per heavy atom. The molecule has 0 radical (unpaired) electrons. The standard InChI is InChI=1S/C6H6N5S/c1-2-12-4-5(1)3-7-6-8-10-11-9-6/h1-2,4H,3H2,(H-,7,8,9,10,11)/q-1. The van der Waals surface area contributed by atoms with Gasteiger partial charge < -0.3 is 5.32 Å². The number of nitrogens with zero attached hydrogens (tertiary/aromatic N) is 4. The van der Waals surface area contributed by atoms with Crippen molar-refractivity contribution >= 4 is 17.3 Å². The first-order valence-electron chi connectivity index (χ1n) is 3.37. The lowest BCUT2D eigenvalue weighted by Crippen LogP contribution is -1.78. The molecule has 5 nitrogen and oxygen atoms in total. The second-order valence-corrected chi connectivity index (χ2v) is 2.94. The molecule has 0 atom stereocenters. The number of thiophene rings is 1. The lowest BCUT2D eigenvalue weighted by Gasteiger charge is -2.03. The molecular weight excluding hydrogens is 174 g/mol. The molecule has 0 saturated heterocycles. The maximum atomic E-state index is 4.10. The van der Waals surface area contributed by atoms with Gasteiger partial charge in [-0.1, -0.05) is 0 Å². The highest BCUT2D eigenvalue weighted by molar-refractivity contribution is 7.07. The fourth-order valence-electron chi connectivity index (χ4n) is 0.768. The van der Waals surface area contributed by atoms with Crippen LogP contribution in [0.1, 0.15) is 5.56 Å². The minimum atomic E-state index is 0.404. The van der Waals surface area contributed by atoms with Crippen LogP contribution in [-0.2, 0) is 6.54 Å². The van der Waals surface area contributed by atoms with E-state index in [-0.39, 0.29) is 0 Å². The largest absolute Gasteiger partial charge is 0.386 e. The van der Waals surface area contributed by atoms with Crippen molar-refractivity contribution in [3.8, 4) is 0 Å². The lowest BCUT2D eigenvalue weighted by atomic mass is 10.3. The van der Waals surface area contributed by atoms with E-state index >= 15 is 0 Å². The van der Waals surface area contributed by atoms with E-state index in [2.05, 4.69) is 25.9 Å². The first kappa shape index (κ1) is 7.23. The van der Waals surface area contributed by atoms with Crippen LogP contribution in [0.25, 0.3) is 5.32 Å². The summed E-state index contributed by atoms with van der Waals surface area (Å²) in [7, 11) is 0. The zero-order valence-corrected chi connectivity index (χ0v) is 6.95. The Morgan fingerprint density at radius 3 is 3.25 bits per heavy atom. The van der Waals surface area contributed by atoms with Crippen molar-refractivity contribution in [3.63, 3.8) is 0 Å². The SMILES string of the molecule is c1cc(C[N-]c2nn[nH]n2)cs1. The van der Waals surface area contributed by atoms with E-state index in [1.54, 1.807) is 11.3 Å². The molecule has 1 N–H and O–H groups in total. The van der Waals surface area contributed by atoms with Crippen LogP contribution in [0.3, 0.4) is 0 Å². The average molecular weight is 180 g/mol. The third kappa shape index (κ3) is 1.59. The molecule has 62 valence electrons. The van der Waals surface area contributed by atoms with Gasteiger partial charge in [0.25, 0.3) is 0 Å². The minimum Gasteiger partial charge on any atom is -0.386 e.